The highest BCUT2D eigenvalue weighted by molar-refractivity contribution is 9.10. The topological polar surface area (TPSA) is 46.0 Å². The largest absolute Gasteiger partial charge is 0.508 e. The second kappa shape index (κ2) is 5.24. The zero-order chi connectivity index (χ0) is 13.3. The summed E-state index contributed by atoms with van der Waals surface area (Å²) in [4.78, 5) is 8.71. The molecule has 18 heavy (non-hydrogen) atoms. The lowest BCUT2D eigenvalue weighted by Gasteiger charge is -2.11. The third-order valence-electron chi connectivity index (χ3n) is 2.49. The van der Waals surface area contributed by atoms with Crippen LogP contribution in [0.3, 0.4) is 0 Å². The van der Waals surface area contributed by atoms with Crippen LogP contribution in [0.4, 0.5) is 0 Å². The molecule has 3 nitrogen and oxygen atoms in total. The molecule has 94 valence electrons. The summed E-state index contributed by atoms with van der Waals surface area (Å²) in [5, 5.41) is 9.86. The van der Waals surface area contributed by atoms with Gasteiger partial charge in [0, 0.05) is 5.56 Å². The zero-order valence-corrected chi connectivity index (χ0v) is 12.3. The van der Waals surface area contributed by atoms with Crippen LogP contribution in [0.2, 0.25) is 5.15 Å². The molecule has 0 saturated carbocycles. The average molecular weight is 328 g/mol. The van der Waals surface area contributed by atoms with Gasteiger partial charge in [0.1, 0.15) is 10.9 Å². The van der Waals surface area contributed by atoms with Crippen molar-refractivity contribution >= 4 is 27.5 Å². The number of phenolic OH excluding ortho intramolecular Hbond substituents is 1. The van der Waals surface area contributed by atoms with Crippen molar-refractivity contribution in [3.63, 3.8) is 0 Å². The molecule has 0 aliphatic heterocycles. The Labute approximate surface area is 119 Å². The van der Waals surface area contributed by atoms with Gasteiger partial charge in [0.05, 0.1) is 10.2 Å². The second-order valence-corrected chi connectivity index (χ2v) is 5.39. The molecule has 0 radical (unpaired) electrons. The van der Waals surface area contributed by atoms with E-state index in [-0.39, 0.29) is 11.7 Å². The van der Waals surface area contributed by atoms with Crippen LogP contribution in [0.15, 0.2) is 28.7 Å². The first kappa shape index (κ1) is 13.3. The van der Waals surface area contributed by atoms with E-state index in [1.807, 2.05) is 19.9 Å². The monoisotopic (exact) mass is 326 g/mol. The maximum Gasteiger partial charge on any atom is 0.161 e. The highest BCUT2D eigenvalue weighted by Gasteiger charge is 2.14. The Hall–Kier alpha value is -1.13. The summed E-state index contributed by atoms with van der Waals surface area (Å²) in [6.07, 6.45) is 0. The van der Waals surface area contributed by atoms with Crippen LogP contribution in [0.5, 0.6) is 5.75 Å². The number of hydrogen-bond acceptors (Lipinski definition) is 3. The summed E-state index contributed by atoms with van der Waals surface area (Å²) in [5.74, 6) is 0.931. The Balaban J connectivity index is 2.59. The first-order chi connectivity index (χ1) is 8.49. The second-order valence-electron chi connectivity index (χ2n) is 4.24. The first-order valence-electron chi connectivity index (χ1n) is 5.51. The predicted molar refractivity (Wildman–Crippen MR) is 75.9 cm³/mol. The van der Waals surface area contributed by atoms with Gasteiger partial charge in [-0.3, -0.25) is 0 Å². The molecule has 0 spiro atoms. The number of aromatic hydroxyl groups is 1. The molecule has 0 bridgehead atoms. The van der Waals surface area contributed by atoms with Gasteiger partial charge in [-0.05, 0) is 34.0 Å². The quantitative estimate of drug-likeness (QED) is 0.832. The number of hydrogen-bond donors (Lipinski definition) is 1. The molecule has 0 unspecified atom stereocenters. The van der Waals surface area contributed by atoms with Crippen LogP contribution in [0.25, 0.3) is 11.4 Å². The molecule has 2 rings (SSSR count). The Morgan fingerprint density at radius 1 is 1.28 bits per heavy atom. The molecule has 1 aromatic carbocycles. The molecular weight excluding hydrogens is 316 g/mol. The lowest BCUT2D eigenvalue weighted by atomic mass is 10.1. The maximum absolute atomic E-state index is 9.48. The molecule has 5 heteroatoms. The molecule has 2 aromatic rings. The van der Waals surface area contributed by atoms with Crippen LogP contribution in [-0.2, 0) is 0 Å². The zero-order valence-electron chi connectivity index (χ0n) is 9.98. The van der Waals surface area contributed by atoms with Crippen molar-refractivity contribution in [2.24, 2.45) is 0 Å². The Morgan fingerprint density at radius 3 is 2.61 bits per heavy atom. The summed E-state index contributed by atoms with van der Waals surface area (Å²) < 4.78 is 0.725. The number of benzene rings is 1. The number of halogens is 2. The van der Waals surface area contributed by atoms with Crippen LogP contribution in [0.1, 0.15) is 25.5 Å². The van der Waals surface area contributed by atoms with Gasteiger partial charge in [0.15, 0.2) is 5.82 Å². The fourth-order valence-corrected chi connectivity index (χ4v) is 2.40. The number of phenols is 1. The SMILES string of the molecule is CC(C)c1nc(-c2cccc(O)c2)nc(Cl)c1Br. The fourth-order valence-electron chi connectivity index (χ4n) is 1.59. The Kier molecular flexibility index (Phi) is 3.88. The summed E-state index contributed by atoms with van der Waals surface area (Å²) in [6, 6.07) is 6.80. The van der Waals surface area contributed by atoms with Crippen LogP contribution >= 0.6 is 27.5 Å². The molecule has 0 saturated heterocycles. The molecular formula is C13H12BrClN2O. The molecule has 0 aliphatic carbocycles. The van der Waals surface area contributed by atoms with Crippen molar-refractivity contribution in [2.45, 2.75) is 19.8 Å². The minimum absolute atomic E-state index is 0.182. The third kappa shape index (κ3) is 2.65. The minimum atomic E-state index is 0.182. The summed E-state index contributed by atoms with van der Waals surface area (Å²) in [7, 11) is 0. The Morgan fingerprint density at radius 2 is 2.00 bits per heavy atom. The van der Waals surface area contributed by atoms with Gasteiger partial charge in [-0.15, -0.1) is 0 Å². The van der Waals surface area contributed by atoms with Crippen molar-refractivity contribution in [3.05, 3.63) is 39.6 Å². The van der Waals surface area contributed by atoms with Gasteiger partial charge in [-0.2, -0.15) is 0 Å². The standard InChI is InChI=1S/C13H12BrClN2O/c1-7(2)11-10(14)12(15)17-13(16-11)8-4-3-5-9(18)6-8/h3-7,18H,1-2H3. The van der Waals surface area contributed by atoms with E-state index in [0.29, 0.717) is 11.0 Å². The van der Waals surface area contributed by atoms with E-state index in [0.717, 1.165) is 15.7 Å². The van der Waals surface area contributed by atoms with E-state index < -0.39 is 0 Å². The molecule has 0 atom stereocenters. The highest BCUT2D eigenvalue weighted by atomic mass is 79.9. The van der Waals surface area contributed by atoms with Crippen LogP contribution in [-0.4, -0.2) is 15.1 Å². The predicted octanol–water partition coefficient (Wildman–Crippen LogP) is 4.39. The van der Waals surface area contributed by atoms with E-state index in [2.05, 4.69) is 25.9 Å². The summed E-state index contributed by atoms with van der Waals surface area (Å²) in [6.45, 7) is 4.07. The van der Waals surface area contributed by atoms with Crippen molar-refractivity contribution in [3.8, 4) is 17.1 Å². The van der Waals surface area contributed by atoms with Gasteiger partial charge >= 0.3 is 0 Å². The molecule has 1 heterocycles. The van der Waals surface area contributed by atoms with E-state index >= 15 is 0 Å². The lowest BCUT2D eigenvalue weighted by Crippen LogP contribution is -2.00. The minimum Gasteiger partial charge on any atom is -0.508 e. The molecule has 0 fully saturated rings. The van der Waals surface area contributed by atoms with Crippen molar-refractivity contribution in [1.29, 1.82) is 0 Å². The molecule has 0 amide bonds. The number of nitrogens with zero attached hydrogens (tertiary/aromatic N) is 2. The van der Waals surface area contributed by atoms with Crippen molar-refractivity contribution in [1.82, 2.24) is 9.97 Å². The smallest absolute Gasteiger partial charge is 0.161 e. The van der Waals surface area contributed by atoms with E-state index in [9.17, 15) is 5.11 Å². The number of rotatable bonds is 2. The summed E-state index contributed by atoms with van der Waals surface area (Å²) in [5.41, 5.74) is 1.60. The molecule has 1 aromatic heterocycles. The van der Waals surface area contributed by atoms with E-state index in [4.69, 9.17) is 11.6 Å². The Bertz CT molecular complexity index is 587. The normalized spacial score (nSPS) is 10.9. The van der Waals surface area contributed by atoms with Gasteiger partial charge in [0.25, 0.3) is 0 Å². The molecule has 1 N–H and O–H groups in total. The van der Waals surface area contributed by atoms with E-state index in [1.165, 1.54) is 0 Å². The van der Waals surface area contributed by atoms with Gasteiger partial charge < -0.3 is 5.11 Å². The van der Waals surface area contributed by atoms with Gasteiger partial charge in [0.2, 0.25) is 0 Å². The maximum atomic E-state index is 9.48. The fraction of sp³-hybridized carbons (Fsp3) is 0.231. The molecule has 0 aliphatic rings. The number of aromatic nitrogens is 2. The van der Waals surface area contributed by atoms with Gasteiger partial charge in [-0.1, -0.05) is 37.6 Å². The highest BCUT2D eigenvalue weighted by Crippen LogP contribution is 2.31. The van der Waals surface area contributed by atoms with E-state index in [1.54, 1.807) is 18.2 Å². The van der Waals surface area contributed by atoms with Crippen molar-refractivity contribution < 1.29 is 5.11 Å². The lowest BCUT2D eigenvalue weighted by molar-refractivity contribution is 0.475. The van der Waals surface area contributed by atoms with Gasteiger partial charge in [-0.25, -0.2) is 9.97 Å². The van der Waals surface area contributed by atoms with Crippen LogP contribution in [0, 0.1) is 0 Å². The first-order valence-corrected chi connectivity index (χ1v) is 6.68. The van der Waals surface area contributed by atoms with Crippen molar-refractivity contribution in [2.75, 3.05) is 0 Å². The average Bonchev–Trinajstić information content (AvgIpc) is 2.32. The summed E-state index contributed by atoms with van der Waals surface area (Å²) >= 11 is 9.49. The van der Waals surface area contributed by atoms with Crippen LogP contribution < -0.4 is 0 Å². The third-order valence-corrected chi connectivity index (χ3v) is 3.77.